The van der Waals surface area contributed by atoms with Gasteiger partial charge in [-0.25, -0.2) is 0 Å². The van der Waals surface area contributed by atoms with Gasteiger partial charge in [0.15, 0.2) is 0 Å². The highest BCUT2D eigenvalue weighted by Crippen LogP contribution is 2.29. The second-order valence-corrected chi connectivity index (χ2v) is 4.37. The van der Waals surface area contributed by atoms with E-state index in [0.29, 0.717) is 12.3 Å². The van der Waals surface area contributed by atoms with Crippen molar-refractivity contribution in [2.75, 3.05) is 11.8 Å². The summed E-state index contributed by atoms with van der Waals surface area (Å²) in [6, 6.07) is 15.2. The van der Waals surface area contributed by atoms with Gasteiger partial charge in [0.1, 0.15) is 0 Å². The van der Waals surface area contributed by atoms with E-state index in [1.165, 1.54) is 12.1 Å². The first kappa shape index (κ1) is 15.4. The van der Waals surface area contributed by atoms with Gasteiger partial charge in [0.2, 0.25) is 0 Å². The van der Waals surface area contributed by atoms with Crippen LogP contribution < -0.4 is 10.7 Å². The van der Waals surface area contributed by atoms with Crippen molar-refractivity contribution in [3.63, 3.8) is 0 Å². The fraction of sp³-hybridized carbons (Fsp3) is 0.200. The zero-order valence-electron chi connectivity index (χ0n) is 11.4. The first-order valence-corrected chi connectivity index (χ1v) is 6.52. The van der Waals surface area contributed by atoms with E-state index in [4.69, 9.17) is 4.65 Å². The van der Waals surface area contributed by atoms with Gasteiger partial charge in [-0.05, 0) is 42.7 Å². The van der Waals surface area contributed by atoms with Crippen LogP contribution in [0.2, 0.25) is 0 Å². The van der Waals surface area contributed by atoms with Gasteiger partial charge in [-0.1, -0.05) is 24.3 Å². The third-order valence-corrected chi connectivity index (χ3v) is 2.86. The van der Waals surface area contributed by atoms with E-state index < -0.39 is 18.8 Å². The molecule has 109 valence electrons. The molecule has 0 saturated carbocycles. The lowest BCUT2D eigenvalue weighted by atomic mass is 9.73. The molecule has 0 heterocycles. The largest absolute Gasteiger partial charge is 0.449 e. The van der Waals surface area contributed by atoms with E-state index in [0.717, 1.165) is 17.6 Å². The standard InChI is InChI=1S/C15H14BF3NO/c1-2-21-16(13-6-4-3-5-7-13)20-14-10-8-12(9-11-14)15(17,18)19/h3-6,8-11,20H,2H2,1H3. The van der Waals surface area contributed by atoms with Gasteiger partial charge < -0.3 is 9.88 Å². The molecule has 2 nitrogen and oxygen atoms in total. The van der Waals surface area contributed by atoms with Gasteiger partial charge in [0.05, 0.1) is 5.56 Å². The van der Waals surface area contributed by atoms with Gasteiger partial charge in [0, 0.05) is 12.3 Å². The molecule has 0 aliphatic rings. The normalized spacial score (nSPS) is 11.2. The van der Waals surface area contributed by atoms with Gasteiger partial charge in [-0.3, -0.25) is 0 Å². The molecular weight excluding hydrogens is 278 g/mol. The highest BCUT2D eigenvalue weighted by atomic mass is 19.4. The molecule has 1 radical (unpaired) electrons. The maximum Gasteiger partial charge on any atom is 0.449 e. The maximum atomic E-state index is 12.5. The van der Waals surface area contributed by atoms with Crippen molar-refractivity contribution >= 4 is 18.2 Å². The summed E-state index contributed by atoms with van der Waals surface area (Å²) in [5, 5.41) is 3.05. The van der Waals surface area contributed by atoms with Crippen LogP contribution in [0.15, 0.2) is 48.5 Å². The molecule has 0 amide bonds. The van der Waals surface area contributed by atoms with Crippen LogP contribution in [0, 0.1) is 6.07 Å². The summed E-state index contributed by atoms with van der Waals surface area (Å²) >= 11 is 0. The maximum absolute atomic E-state index is 12.5. The number of nitrogens with one attached hydrogen (secondary N) is 1. The summed E-state index contributed by atoms with van der Waals surface area (Å²) in [4.78, 5) is 0. The topological polar surface area (TPSA) is 21.3 Å². The van der Waals surface area contributed by atoms with E-state index >= 15 is 0 Å². The number of anilines is 1. The highest BCUT2D eigenvalue weighted by molar-refractivity contribution is 6.70. The lowest BCUT2D eigenvalue weighted by molar-refractivity contribution is -0.137. The minimum Gasteiger partial charge on any atom is -0.413 e. The monoisotopic (exact) mass is 292 g/mol. The molecule has 6 heteroatoms. The van der Waals surface area contributed by atoms with E-state index in [9.17, 15) is 13.2 Å². The van der Waals surface area contributed by atoms with Crippen LogP contribution >= 0.6 is 0 Å². The van der Waals surface area contributed by atoms with Crippen LogP contribution in [0.3, 0.4) is 0 Å². The van der Waals surface area contributed by atoms with Crippen molar-refractivity contribution in [1.29, 1.82) is 0 Å². The Morgan fingerprint density at radius 1 is 1.14 bits per heavy atom. The Morgan fingerprint density at radius 3 is 2.38 bits per heavy atom. The smallest absolute Gasteiger partial charge is 0.413 e. The van der Waals surface area contributed by atoms with Gasteiger partial charge in [0.25, 0.3) is 0 Å². The summed E-state index contributed by atoms with van der Waals surface area (Å²) in [6.45, 7) is 2.32. The molecule has 1 N–H and O–H groups in total. The van der Waals surface area contributed by atoms with Crippen LogP contribution in [0.5, 0.6) is 0 Å². The average molecular weight is 292 g/mol. The minimum atomic E-state index is -4.33. The molecule has 0 aliphatic heterocycles. The number of halogens is 3. The van der Waals surface area contributed by atoms with Crippen LogP contribution in [0.4, 0.5) is 18.9 Å². The van der Waals surface area contributed by atoms with Crippen molar-refractivity contribution in [3.8, 4) is 0 Å². The van der Waals surface area contributed by atoms with Crippen molar-refractivity contribution < 1.29 is 17.8 Å². The summed E-state index contributed by atoms with van der Waals surface area (Å²) in [5.74, 6) is 0. The zero-order valence-corrected chi connectivity index (χ0v) is 11.4. The zero-order chi connectivity index (χ0) is 15.3. The predicted molar refractivity (Wildman–Crippen MR) is 77.4 cm³/mol. The number of alkyl halides is 3. The Labute approximate surface area is 122 Å². The van der Waals surface area contributed by atoms with Gasteiger partial charge in [-0.2, -0.15) is 13.2 Å². The molecule has 0 aliphatic carbocycles. The van der Waals surface area contributed by atoms with E-state index in [1.54, 1.807) is 6.07 Å². The van der Waals surface area contributed by atoms with Crippen LogP contribution in [0.1, 0.15) is 12.5 Å². The highest BCUT2D eigenvalue weighted by Gasteiger charge is 2.30. The molecule has 2 aromatic carbocycles. The molecule has 0 atom stereocenters. The molecule has 2 aromatic rings. The lowest BCUT2D eigenvalue weighted by Crippen LogP contribution is -2.41. The van der Waals surface area contributed by atoms with Crippen molar-refractivity contribution in [1.82, 2.24) is 0 Å². The van der Waals surface area contributed by atoms with Crippen molar-refractivity contribution in [3.05, 3.63) is 60.2 Å². The molecular formula is C15H14BF3NO. The SMILES string of the molecule is CCOB(Nc1ccc(C(F)(F)F)cc1)c1[c]cccc1. The summed E-state index contributed by atoms with van der Waals surface area (Å²) in [6.07, 6.45) is -4.33. The molecule has 0 saturated heterocycles. The molecule has 0 spiro atoms. The molecule has 0 bridgehead atoms. The summed E-state index contributed by atoms with van der Waals surface area (Å²) in [7, 11) is -0.451. The molecule has 21 heavy (non-hydrogen) atoms. The van der Waals surface area contributed by atoms with Crippen LogP contribution in [-0.2, 0) is 10.8 Å². The van der Waals surface area contributed by atoms with Crippen molar-refractivity contribution in [2.24, 2.45) is 0 Å². The first-order valence-electron chi connectivity index (χ1n) is 6.52. The fourth-order valence-electron chi connectivity index (χ4n) is 1.85. The molecule has 0 aromatic heterocycles. The Balaban J connectivity index is 2.14. The van der Waals surface area contributed by atoms with E-state index in [2.05, 4.69) is 11.3 Å². The second-order valence-electron chi connectivity index (χ2n) is 4.37. The number of rotatable bonds is 5. The Bertz CT molecular complexity index is 557. The first-order chi connectivity index (χ1) is 10.0. The third kappa shape index (κ3) is 4.26. The fourth-order valence-corrected chi connectivity index (χ4v) is 1.85. The number of hydrogen-bond acceptors (Lipinski definition) is 2. The molecule has 0 unspecified atom stereocenters. The van der Waals surface area contributed by atoms with E-state index in [1.807, 2.05) is 25.1 Å². The van der Waals surface area contributed by atoms with E-state index in [-0.39, 0.29) is 0 Å². The lowest BCUT2D eigenvalue weighted by Gasteiger charge is -2.16. The Morgan fingerprint density at radius 2 is 1.86 bits per heavy atom. The van der Waals surface area contributed by atoms with Crippen molar-refractivity contribution in [2.45, 2.75) is 13.1 Å². The molecule has 0 fully saturated rings. The van der Waals surface area contributed by atoms with Gasteiger partial charge >= 0.3 is 13.2 Å². The van der Waals surface area contributed by atoms with Crippen LogP contribution in [0.25, 0.3) is 0 Å². The van der Waals surface area contributed by atoms with Crippen LogP contribution in [-0.4, -0.2) is 13.7 Å². The number of benzene rings is 2. The Hall–Kier alpha value is -1.95. The predicted octanol–water partition coefficient (Wildman–Crippen LogP) is 3.35. The average Bonchev–Trinajstić information content (AvgIpc) is 2.47. The third-order valence-electron chi connectivity index (χ3n) is 2.86. The minimum absolute atomic E-state index is 0.451. The Kier molecular flexibility index (Phi) is 4.91. The number of hydrogen-bond donors (Lipinski definition) is 1. The quantitative estimate of drug-likeness (QED) is 0.853. The summed E-state index contributed by atoms with van der Waals surface area (Å²) < 4.78 is 43.1. The molecule has 2 rings (SSSR count). The van der Waals surface area contributed by atoms with Gasteiger partial charge in [-0.15, -0.1) is 0 Å². The second kappa shape index (κ2) is 6.67. The summed E-state index contributed by atoms with van der Waals surface area (Å²) in [5.41, 5.74) is 0.672.